The lowest BCUT2D eigenvalue weighted by Crippen LogP contribution is -2.40. The van der Waals surface area contributed by atoms with Crippen molar-refractivity contribution in [3.8, 4) is 0 Å². The molecule has 7 heteroatoms. The predicted molar refractivity (Wildman–Crippen MR) is 108 cm³/mol. The number of anilines is 1. The van der Waals surface area contributed by atoms with E-state index in [9.17, 15) is 13.7 Å². The van der Waals surface area contributed by atoms with E-state index in [2.05, 4.69) is 10.0 Å². The molecule has 2 N–H and O–H groups in total. The molecule has 0 bridgehead atoms. The van der Waals surface area contributed by atoms with E-state index in [1.54, 1.807) is 6.07 Å². The van der Waals surface area contributed by atoms with Crippen molar-refractivity contribution in [1.29, 1.82) is 0 Å². The van der Waals surface area contributed by atoms with Gasteiger partial charge in [0, 0.05) is 22.6 Å². The van der Waals surface area contributed by atoms with Gasteiger partial charge in [0.15, 0.2) is 0 Å². The molecule has 1 aliphatic rings. The molecule has 27 heavy (non-hydrogen) atoms. The summed E-state index contributed by atoms with van der Waals surface area (Å²) in [4.78, 5) is 12.7. The van der Waals surface area contributed by atoms with Crippen LogP contribution >= 0.6 is 11.6 Å². The first-order valence-electron chi connectivity index (χ1n) is 8.73. The summed E-state index contributed by atoms with van der Waals surface area (Å²) in [5, 5.41) is 2.72. The fraction of sp³-hybridized carbons (Fsp3) is 0.350. The van der Waals surface area contributed by atoms with Gasteiger partial charge in [-0.2, -0.15) is 0 Å². The number of hydrogen-bond acceptors (Lipinski definition) is 3. The van der Waals surface area contributed by atoms with Crippen molar-refractivity contribution in [3.63, 3.8) is 0 Å². The molecule has 1 unspecified atom stereocenters. The normalized spacial score (nSPS) is 17.5. The monoisotopic (exact) mass is 408 g/mol. The molecule has 1 aliphatic carbocycles. The molecule has 144 valence electrons. The Labute approximate surface area is 166 Å². The van der Waals surface area contributed by atoms with E-state index in [0.717, 1.165) is 24.0 Å². The quantitative estimate of drug-likeness (QED) is 0.716. The highest BCUT2D eigenvalue weighted by Crippen LogP contribution is 2.35. The van der Waals surface area contributed by atoms with Crippen LogP contribution in [0.5, 0.6) is 0 Å². The summed E-state index contributed by atoms with van der Waals surface area (Å²) in [5.41, 5.74) is 2.95. The second kappa shape index (κ2) is 7.80. The van der Waals surface area contributed by atoms with E-state index in [1.807, 2.05) is 32.9 Å². The van der Waals surface area contributed by atoms with Gasteiger partial charge in [0.1, 0.15) is 10.6 Å². The molecule has 4 nitrogen and oxygen atoms in total. The molecule has 0 saturated carbocycles. The van der Waals surface area contributed by atoms with Crippen molar-refractivity contribution in [2.45, 2.75) is 44.4 Å². The highest BCUT2D eigenvalue weighted by molar-refractivity contribution is 7.90. The molecule has 2 aromatic rings. The zero-order valence-corrected chi connectivity index (χ0v) is 17.0. The number of amides is 1. The van der Waals surface area contributed by atoms with Crippen LogP contribution in [0, 0.1) is 5.82 Å². The molecule has 0 saturated heterocycles. The van der Waals surface area contributed by atoms with Crippen LogP contribution in [0.1, 0.15) is 54.7 Å². The second-order valence-electron chi connectivity index (χ2n) is 7.55. The number of carbonyl (C=O) groups excluding carboxylic acids is 1. The topological polar surface area (TPSA) is 64.2 Å². The first-order chi connectivity index (χ1) is 12.7. The number of halogens is 2. The summed E-state index contributed by atoms with van der Waals surface area (Å²) in [7, 11) is 0. The van der Waals surface area contributed by atoms with Crippen LogP contribution in [0.15, 0.2) is 36.4 Å². The van der Waals surface area contributed by atoms with Crippen LogP contribution in [0.4, 0.5) is 10.1 Å². The van der Waals surface area contributed by atoms with E-state index in [4.69, 9.17) is 11.6 Å². The predicted octanol–water partition coefficient (Wildman–Crippen LogP) is 4.77. The molecule has 2 atom stereocenters. The van der Waals surface area contributed by atoms with E-state index < -0.39 is 17.2 Å². The zero-order valence-electron chi connectivity index (χ0n) is 15.4. The Morgan fingerprint density at radius 3 is 2.70 bits per heavy atom. The first-order valence-corrected chi connectivity index (χ1v) is 10.3. The van der Waals surface area contributed by atoms with Gasteiger partial charge in [-0.3, -0.25) is 4.79 Å². The van der Waals surface area contributed by atoms with E-state index >= 15 is 0 Å². The third-order valence-electron chi connectivity index (χ3n) is 4.50. The summed E-state index contributed by atoms with van der Waals surface area (Å²) in [6.07, 6.45) is 1.51. The number of nitrogens with one attached hydrogen (secondary N) is 2. The van der Waals surface area contributed by atoms with Crippen molar-refractivity contribution in [1.82, 2.24) is 4.72 Å². The van der Waals surface area contributed by atoms with Gasteiger partial charge in [0.05, 0.1) is 11.1 Å². The molecule has 0 fully saturated rings. The van der Waals surface area contributed by atoms with Crippen LogP contribution < -0.4 is 10.0 Å². The summed E-state index contributed by atoms with van der Waals surface area (Å²) >= 11 is 4.59. The fourth-order valence-electron chi connectivity index (χ4n) is 3.07. The van der Waals surface area contributed by atoms with Crippen LogP contribution in [0.3, 0.4) is 0 Å². The number of fused-ring (bicyclic) bond motifs is 1. The largest absolute Gasteiger partial charge is 0.598 e. The maximum atomic E-state index is 13.3. The molecule has 2 aromatic carbocycles. The summed E-state index contributed by atoms with van der Waals surface area (Å²) in [5.74, 6) is -0.803. The van der Waals surface area contributed by atoms with Crippen LogP contribution in [-0.2, 0) is 17.8 Å². The number of rotatable bonds is 4. The lowest BCUT2D eigenvalue weighted by Gasteiger charge is -2.26. The average Bonchev–Trinajstić information content (AvgIpc) is 3.00. The summed E-state index contributed by atoms with van der Waals surface area (Å²) < 4.78 is 28.5. The Balaban J connectivity index is 1.80. The summed E-state index contributed by atoms with van der Waals surface area (Å²) in [6, 6.07) is 9.58. The SMILES string of the molecule is CC(C)(C)[S+]([O-])N[C@H]1CCc2c(C(=O)Nc3ccc(F)c(Cl)c3)cccc21. The standard InChI is InChI=1S/C20H22ClFN2O2S/c1-20(2,3)27(26)24-18-10-8-13-14(18)5-4-6-15(13)19(25)23-12-7-9-17(22)16(21)11-12/h4-7,9,11,18,24H,8,10H2,1-3H3,(H,23,25)/t18-,27?/m0/s1. The lowest BCUT2D eigenvalue weighted by molar-refractivity contribution is 0.102. The Morgan fingerprint density at radius 1 is 1.30 bits per heavy atom. The maximum Gasteiger partial charge on any atom is 0.255 e. The Kier molecular flexibility index (Phi) is 5.82. The van der Waals surface area contributed by atoms with E-state index in [1.165, 1.54) is 18.2 Å². The van der Waals surface area contributed by atoms with Crippen molar-refractivity contribution in [3.05, 3.63) is 63.9 Å². The molecule has 0 heterocycles. The third-order valence-corrected chi connectivity index (χ3v) is 6.40. The van der Waals surface area contributed by atoms with Gasteiger partial charge in [-0.15, -0.1) is 4.72 Å². The maximum absolute atomic E-state index is 13.3. The fourth-order valence-corrected chi connectivity index (χ4v) is 4.11. The number of benzene rings is 2. The Bertz CT molecular complexity index is 870. The van der Waals surface area contributed by atoms with Gasteiger partial charge in [-0.25, -0.2) is 4.39 Å². The molecule has 1 amide bonds. The molecule has 0 aromatic heterocycles. The van der Waals surface area contributed by atoms with Gasteiger partial charge in [-0.05, 0) is 69.0 Å². The molecule has 0 radical (unpaired) electrons. The smallest absolute Gasteiger partial charge is 0.255 e. The first kappa shape index (κ1) is 20.1. The minimum Gasteiger partial charge on any atom is -0.598 e. The van der Waals surface area contributed by atoms with E-state index in [0.29, 0.717) is 11.3 Å². The number of carbonyl (C=O) groups is 1. The van der Waals surface area contributed by atoms with Crippen molar-refractivity contribution >= 4 is 34.6 Å². The second-order valence-corrected chi connectivity index (χ2v) is 9.95. The molecule has 3 rings (SSSR count). The third kappa shape index (κ3) is 4.46. The van der Waals surface area contributed by atoms with Gasteiger partial charge in [0.2, 0.25) is 0 Å². The van der Waals surface area contributed by atoms with Crippen LogP contribution in [0.25, 0.3) is 0 Å². The minimum absolute atomic E-state index is 0.0417. The molecular weight excluding hydrogens is 387 g/mol. The van der Waals surface area contributed by atoms with Gasteiger partial charge < -0.3 is 9.87 Å². The molecule has 0 aliphatic heterocycles. The van der Waals surface area contributed by atoms with Crippen molar-refractivity contribution in [2.24, 2.45) is 0 Å². The number of hydrogen-bond donors (Lipinski definition) is 2. The Morgan fingerprint density at radius 2 is 2.04 bits per heavy atom. The van der Waals surface area contributed by atoms with Crippen molar-refractivity contribution < 1.29 is 13.7 Å². The van der Waals surface area contributed by atoms with Gasteiger partial charge in [-0.1, -0.05) is 23.7 Å². The van der Waals surface area contributed by atoms with Gasteiger partial charge in [0.25, 0.3) is 5.91 Å². The van der Waals surface area contributed by atoms with Gasteiger partial charge >= 0.3 is 0 Å². The lowest BCUT2D eigenvalue weighted by atomic mass is 10.0. The summed E-state index contributed by atoms with van der Waals surface area (Å²) in [6.45, 7) is 5.76. The zero-order chi connectivity index (χ0) is 19.8. The minimum atomic E-state index is -1.19. The molecular formula is C20H22ClFN2O2S. The molecule has 0 spiro atoms. The average molecular weight is 409 g/mol. The Hall–Kier alpha value is -1.60. The van der Waals surface area contributed by atoms with E-state index in [-0.39, 0.29) is 21.7 Å². The van der Waals surface area contributed by atoms with Crippen LogP contribution in [0.2, 0.25) is 5.02 Å². The highest BCUT2D eigenvalue weighted by Gasteiger charge is 2.34. The van der Waals surface area contributed by atoms with Crippen molar-refractivity contribution in [2.75, 3.05) is 5.32 Å². The highest BCUT2D eigenvalue weighted by atomic mass is 35.5. The van der Waals surface area contributed by atoms with Crippen LogP contribution in [-0.4, -0.2) is 15.2 Å².